The van der Waals surface area contributed by atoms with E-state index in [9.17, 15) is 0 Å². The maximum atomic E-state index is 5.65. The monoisotopic (exact) mass is 226 g/mol. The van der Waals surface area contributed by atoms with Crippen LogP contribution in [-0.2, 0) is 15.9 Å². The van der Waals surface area contributed by atoms with Crippen LogP contribution in [0.1, 0.15) is 29.8 Å². The number of rotatable bonds is 4. The number of aryl methyl sites for hydroxylation is 1. The first kappa shape index (κ1) is 11.0. The lowest BCUT2D eigenvalue weighted by molar-refractivity contribution is -0.161. The van der Waals surface area contributed by atoms with Crippen LogP contribution in [0, 0.1) is 12.4 Å². The first-order valence-electron chi connectivity index (χ1n) is 5.42. The van der Waals surface area contributed by atoms with Crippen molar-refractivity contribution in [2.75, 3.05) is 13.2 Å². The van der Waals surface area contributed by atoms with Crippen molar-refractivity contribution in [2.45, 2.75) is 38.9 Å². The lowest BCUT2D eigenvalue weighted by atomic mass is 10.2. The summed E-state index contributed by atoms with van der Waals surface area (Å²) in [7, 11) is 0. The zero-order valence-corrected chi connectivity index (χ0v) is 9.81. The van der Waals surface area contributed by atoms with Crippen molar-refractivity contribution < 1.29 is 9.47 Å². The van der Waals surface area contributed by atoms with Gasteiger partial charge in [-0.15, -0.1) is 11.3 Å². The van der Waals surface area contributed by atoms with E-state index in [1.54, 1.807) is 11.3 Å². The third kappa shape index (κ3) is 3.26. The van der Waals surface area contributed by atoms with Gasteiger partial charge >= 0.3 is 0 Å². The van der Waals surface area contributed by atoms with Crippen molar-refractivity contribution in [3.8, 4) is 0 Å². The van der Waals surface area contributed by atoms with E-state index in [2.05, 4.69) is 10.5 Å². The minimum atomic E-state index is 0.0240. The second-order valence-corrected chi connectivity index (χ2v) is 4.61. The van der Waals surface area contributed by atoms with Gasteiger partial charge in [-0.2, -0.15) is 0 Å². The lowest BCUT2D eigenvalue weighted by Gasteiger charge is -2.22. The van der Waals surface area contributed by atoms with Crippen molar-refractivity contribution in [3.05, 3.63) is 16.1 Å². The molecule has 15 heavy (non-hydrogen) atoms. The molecule has 1 aromatic rings. The molecule has 1 saturated heterocycles. The van der Waals surface area contributed by atoms with E-state index in [-0.39, 0.29) is 6.29 Å². The van der Waals surface area contributed by atoms with Crippen LogP contribution in [0.3, 0.4) is 0 Å². The molecular formula is C11H16NO2S. The molecule has 1 fully saturated rings. The number of hydrogen-bond acceptors (Lipinski definition) is 4. The normalized spacial score (nSPS) is 21.8. The number of nitrogens with zero attached hydrogens (tertiary/aromatic N) is 1. The second kappa shape index (κ2) is 5.58. The van der Waals surface area contributed by atoms with Gasteiger partial charge in [0.1, 0.15) is 0 Å². The van der Waals surface area contributed by atoms with Crippen LogP contribution in [-0.4, -0.2) is 24.5 Å². The Bertz CT molecular complexity index is 295. The highest BCUT2D eigenvalue weighted by Gasteiger charge is 2.13. The van der Waals surface area contributed by atoms with Crippen molar-refractivity contribution in [3.63, 3.8) is 0 Å². The maximum Gasteiger partial charge on any atom is 0.157 e. The summed E-state index contributed by atoms with van der Waals surface area (Å²) in [5.74, 6) is 0. The van der Waals surface area contributed by atoms with Crippen molar-refractivity contribution in [2.24, 2.45) is 0 Å². The fraction of sp³-hybridized carbons (Fsp3) is 0.727. The van der Waals surface area contributed by atoms with Gasteiger partial charge in [-0.1, -0.05) is 0 Å². The third-order valence-electron chi connectivity index (χ3n) is 2.56. The first-order chi connectivity index (χ1) is 7.36. The molecule has 2 heterocycles. The Morgan fingerprint density at radius 1 is 1.60 bits per heavy atom. The number of hydrogen-bond donors (Lipinski definition) is 0. The molecule has 1 aliphatic rings. The predicted octanol–water partition coefficient (Wildman–Crippen LogP) is 2.34. The van der Waals surface area contributed by atoms with E-state index in [1.807, 2.05) is 6.92 Å². The Hall–Kier alpha value is -0.450. The second-order valence-electron chi connectivity index (χ2n) is 3.73. The molecule has 1 aromatic heterocycles. The summed E-state index contributed by atoms with van der Waals surface area (Å²) in [6, 6.07) is 0. The molecule has 1 unspecified atom stereocenters. The van der Waals surface area contributed by atoms with Crippen LogP contribution in [0.5, 0.6) is 0 Å². The van der Waals surface area contributed by atoms with E-state index in [4.69, 9.17) is 9.47 Å². The van der Waals surface area contributed by atoms with Gasteiger partial charge in [0.05, 0.1) is 12.3 Å². The molecule has 4 heteroatoms. The molecular weight excluding hydrogens is 210 g/mol. The van der Waals surface area contributed by atoms with Crippen molar-refractivity contribution >= 4 is 11.3 Å². The predicted molar refractivity (Wildman–Crippen MR) is 58.9 cm³/mol. The zero-order valence-electron chi connectivity index (χ0n) is 8.99. The minimum absolute atomic E-state index is 0.0240. The van der Waals surface area contributed by atoms with Gasteiger partial charge in [0, 0.05) is 17.9 Å². The molecule has 0 saturated carbocycles. The quantitative estimate of drug-likeness (QED) is 0.789. The summed E-state index contributed by atoms with van der Waals surface area (Å²) in [5, 5.41) is 0. The molecule has 0 aromatic carbocycles. The SMILES string of the molecule is Cc1n[c]sc1CCOC1CCCCO1. The molecule has 2 rings (SSSR count). The minimum Gasteiger partial charge on any atom is -0.353 e. The van der Waals surface area contributed by atoms with Gasteiger partial charge in [0.15, 0.2) is 11.8 Å². The van der Waals surface area contributed by atoms with Crippen LogP contribution in [0.25, 0.3) is 0 Å². The van der Waals surface area contributed by atoms with Crippen LogP contribution in [0.4, 0.5) is 0 Å². The van der Waals surface area contributed by atoms with Gasteiger partial charge in [-0.3, -0.25) is 0 Å². The van der Waals surface area contributed by atoms with E-state index < -0.39 is 0 Å². The average molecular weight is 226 g/mol. The third-order valence-corrected chi connectivity index (χ3v) is 3.49. The molecule has 0 amide bonds. The molecule has 0 aliphatic carbocycles. The average Bonchev–Trinajstić information content (AvgIpc) is 2.66. The standard InChI is InChI=1S/C11H16NO2S/c1-9-10(15-8-12-9)5-7-14-11-4-2-3-6-13-11/h11H,2-7H2,1H3. The Kier molecular flexibility index (Phi) is 4.11. The molecule has 0 spiro atoms. The highest BCUT2D eigenvalue weighted by atomic mass is 32.1. The van der Waals surface area contributed by atoms with Gasteiger partial charge in [-0.25, -0.2) is 4.98 Å². The van der Waals surface area contributed by atoms with Crippen LogP contribution in [0.2, 0.25) is 0 Å². The van der Waals surface area contributed by atoms with Gasteiger partial charge in [0.25, 0.3) is 0 Å². The van der Waals surface area contributed by atoms with E-state index in [0.717, 1.165) is 31.7 Å². The topological polar surface area (TPSA) is 31.4 Å². The summed E-state index contributed by atoms with van der Waals surface area (Å²) >= 11 is 1.58. The van der Waals surface area contributed by atoms with E-state index in [0.29, 0.717) is 0 Å². The fourth-order valence-corrected chi connectivity index (χ4v) is 2.31. The lowest BCUT2D eigenvalue weighted by Crippen LogP contribution is -2.23. The maximum absolute atomic E-state index is 5.65. The smallest absolute Gasteiger partial charge is 0.157 e. The molecule has 1 atom stereocenters. The van der Waals surface area contributed by atoms with Gasteiger partial charge in [0.2, 0.25) is 0 Å². The Morgan fingerprint density at radius 2 is 2.53 bits per heavy atom. The zero-order chi connectivity index (χ0) is 10.5. The number of thiazole rings is 1. The summed E-state index contributed by atoms with van der Waals surface area (Å²) in [6.45, 7) is 3.58. The van der Waals surface area contributed by atoms with Crippen LogP contribution < -0.4 is 0 Å². The summed E-state index contributed by atoms with van der Waals surface area (Å²) < 4.78 is 11.1. The van der Waals surface area contributed by atoms with Crippen molar-refractivity contribution in [1.29, 1.82) is 0 Å². The summed E-state index contributed by atoms with van der Waals surface area (Å²) in [6.07, 6.45) is 4.37. The summed E-state index contributed by atoms with van der Waals surface area (Å²) in [4.78, 5) is 5.36. The molecule has 83 valence electrons. The van der Waals surface area contributed by atoms with Crippen LogP contribution in [0.15, 0.2) is 0 Å². The highest BCUT2D eigenvalue weighted by Crippen LogP contribution is 2.16. The molecule has 1 aliphatic heterocycles. The largest absolute Gasteiger partial charge is 0.353 e. The Morgan fingerprint density at radius 3 is 3.20 bits per heavy atom. The summed E-state index contributed by atoms with van der Waals surface area (Å²) in [5.41, 5.74) is 3.97. The molecule has 3 nitrogen and oxygen atoms in total. The first-order valence-corrected chi connectivity index (χ1v) is 6.23. The fourth-order valence-electron chi connectivity index (χ4n) is 1.64. The van der Waals surface area contributed by atoms with Gasteiger partial charge in [-0.05, 0) is 26.2 Å². The highest BCUT2D eigenvalue weighted by molar-refractivity contribution is 7.09. The molecule has 1 radical (unpaired) electrons. The van der Waals surface area contributed by atoms with Crippen molar-refractivity contribution in [1.82, 2.24) is 4.98 Å². The molecule has 0 bridgehead atoms. The Labute approximate surface area is 94.4 Å². The molecule has 0 N–H and O–H groups in total. The number of aromatic nitrogens is 1. The number of ether oxygens (including phenoxy) is 2. The van der Waals surface area contributed by atoms with Crippen LogP contribution >= 0.6 is 11.3 Å². The van der Waals surface area contributed by atoms with E-state index >= 15 is 0 Å². The van der Waals surface area contributed by atoms with Gasteiger partial charge < -0.3 is 9.47 Å². The Balaban J connectivity index is 1.68. The van der Waals surface area contributed by atoms with E-state index in [1.165, 1.54) is 17.7 Å².